The Kier molecular flexibility index (Phi) is 6.27. The first-order valence-electron chi connectivity index (χ1n) is 9.35. The van der Waals surface area contributed by atoms with Crippen LogP contribution in [0, 0.1) is 5.82 Å². The van der Waals surface area contributed by atoms with Crippen LogP contribution in [0.3, 0.4) is 0 Å². The molecule has 0 radical (unpaired) electrons. The zero-order valence-electron chi connectivity index (χ0n) is 16.9. The van der Waals surface area contributed by atoms with Crippen molar-refractivity contribution in [3.63, 3.8) is 0 Å². The number of halogens is 1. The maximum absolute atomic E-state index is 13.9. The van der Waals surface area contributed by atoms with E-state index in [9.17, 15) is 18.9 Å². The second kappa shape index (κ2) is 8.53. The first kappa shape index (κ1) is 21.3. The number of amides is 1. The standard InChI is InChI=1S/C23H24FNO3S/c1-14(2)25(27)23(26)13-21-15(3)20(19-10-7-17(24)12-22(19)21)11-16-5-8-18(9-6-16)29(4)28/h5-12,14,27H,13H2,1-4H3. The van der Waals surface area contributed by atoms with Crippen molar-refractivity contribution in [1.82, 2.24) is 5.06 Å². The molecule has 0 saturated carbocycles. The number of rotatable bonds is 5. The highest BCUT2D eigenvalue weighted by Crippen LogP contribution is 2.44. The lowest BCUT2D eigenvalue weighted by atomic mass is 10.0. The van der Waals surface area contributed by atoms with Gasteiger partial charge in [0.25, 0.3) is 5.91 Å². The van der Waals surface area contributed by atoms with Gasteiger partial charge in [-0.3, -0.25) is 10.0 Å². The summed E-state index contributed by atoms with van der Waals surface area (Å²) in [6.07, 6.45) is 3.60. The fourth-order valence-electron chi connectivity index (χ4n) is 3.42. The molecule has 152 valence electrons. The number of fused-ring (bicyclic) bond motifs is 1. The Morgan fingerprint density at radius 1 is 1.21 bits per heavy atom. The molecular weight excluding hydrogens is 389 g/mol. The van der Waals surface area contributed by atoms with E-state index in [-0.39, 0.29) is 18.3 Å². The zero-order valence-corrected chi connectivity index (χ0v) is 17.7. The maximum atomic E-state index is 13.9. The van der Waals surface area contributed by atoms with Crippen LogP contribution in [-0.2, 0) is 16.0 Å². The SMILES string of the molecule is CC1=C(CC(=O)N(O)C(C)C)c2cc(F)ccc2C1=Cc1ccc([S+](C)[O-])cc1. The number of hydrogen-bond acceptors (Lipinski definition) is 3. The van der Waals surface area contributed by atoms with Crippen molar-refractivity contribution < 1.29 is 18.9 Å². The lowest BCUT2D eigenvalue weighted by Crippen LogP contribution is -2.33. The zero-order chi connectivity index (χ0) is 21.3. The van der Waals surface area contributed by atoms with Gasteiger partial charge in [-0.15, -0.1) is 0 Å². The molecule has 1 unspecified atom stereocenters. The van der Waals surface area contributed by atoms with E-state index in [1.807, 2.05) is 37.3 Å². The van der Waals surface area contributed by atoms with E-state index < -0.39 is 17.1 Å². The molecule has 0 aliphatic heterocycles. The van der Waals surface area contributed by atoms with Crippen LogP contribution >= 0.6 is 0 Å². The number of nitrogens with zero attached hydrogens (tertiary/aromatic N) is 1. The van der Waals surface area contributed by atoms with Crippen LogP contribution in [0.2, 0.25) is 0 Å². The summed E-state index contributed by atoms with van der Waals surface area (Å²) in [4.78, 5) is 13.2. The Bertz CT molecular complexity index is 994. The molecule has 0 spiro atoms. The van der Waals surface area contributed by atoms with Gasteiger partial charge in [-0.1, -0.05) is 6.07 Å². The van der Waals surface area contributed by atoms with E-state index in [4.69, 9.17) is 0 Å². The molecule has 0 saturated heterocycles. The van der Waals surface area contributed by atoms with Gasteiger partial charge in [0.15, 0.2) is 4.90 Å². The molecule has 0 bridgehead atoms. The average Bonchev–Trinajstić information content (AvgIpc) is 2.92. The van der Waals surface area contributed by atoms with Crippen LogP contribution in [0.5, 0.6) is 0 Å². The summed E-state index contributed by atoms with van der Waals surface area (Å²) in [5.74, 6) is -0.803. The minimum Gasteiger partial charge on any atom is -0.612 e. The smallest absolute Gasteiger partial charge is 0.250 e. The Balaban J connectivity index is 2.03. The summed E-state index contributed by atoms with van der Waals surface area (Å²) in [5, 5.41) is 10.7. The fourth-order valence-corrected chi connectivity index (χ4v) is 3.94. The third kappa shape index (κ3) is 4.45. The monoisotopic (exact) mass is 413 g/mol. The molecular formula is C23H24FNO3S. The van der Waals surface area contributed by atoms with Crippen LogP contribution in [-0.4, -0.2) is 33.0 Å². The lowest BCUT2D eigenvalue weighted by Gasteiger charge is -2.19. The minimum absolute atomic E-state index is 0.0118. The van der Waals surface area contributed by atoms with Crippen molar-refractivity contribution in [2.45, 2.75) is 38.1 Å². The van der Waals surface area contributed by atoms with Gasteiger partial charge in [0.05, 0.1) is 12.5 Å². The predicted molar refractivity (Wildman–Crippen MR) is 114 cm³/mol. The molecule has 1 aliphatic carbocycles. The second-order valence-corrected chi connectivity index (χ2v) is 8.76. The van der Waals surface area contributed by atoms with Crippen LogP contribution in [0.15, 0.2) is 52.9 Å². The highest BCUT2D eigenvalue weighted by atomic mass is 32.2. The molecule has 0 heterocycles. The summed E-state index contributed by atoms with van der Waals surface area (Å²) in [5.41, 5.74) is 4.93. The van der Waals surface area contributed by atoms with Crippen LogP contribution in [0.1, 0.15) is 43.9 Å². The Hall–Kier alpha value is -2.41. The van der Waals surface area contributed by atoms with Gasteiger partial charge in [0.1, 0.15) is 12.1 Å². The first-order chi connectivity index (χ1) is 13.7. The number of allylic oxidation sites excluding steroid dienone is 2. The molecule has 0 aromatic heterocycles. The lowest BCUT2D eigenvalue weighted by molar-refractivity contribution is -0.171. The van der Waals surface area contributed by atoms with E-state index in [1.165, 1.54) is 12.1 Å². The number of hydrogen-bond donors (Lipinski definition) is 1. The van der Waals surface area contributed by atoms with Crippen molar-refractivity contribution in [2.75, 3.05) is 6.26 Å². The van der Waals surface area contributed by atoms with Gasteiger partial charge < -0.3 is 4.55 Å². The summed E-state index contributed by atoms with van der Waals surface area (Å²) in [7, 11) is 0. The molecule has 1 aliphatic rings. The number of benzene rings is 2. The molecule has 4 nitrogen and oxygen atoms in total. The topological polar surface area (TPSA) is 63.6 Å². The molecule has 6 heteroatoms. The molecule has 3 rings (SSSR count). The summed E-state index contributed by atoms with van der Waals surface area (Å²) < 4.78 is 25.5. The first-order valence-corrected chi connectivity index (χ1v) is 10.9. The summed E-state index contributed by atoms with van der Waals surface area (Å²) in [6.45, 7) is 5.35. The van der Waals surface area contributed by atoms with Crippen LogP contribution in [0.25, 0.3) is 17.2 Å². The molecule has 1 amide bonds. The van der Waals surface area contributed by atoms with Crippen molar-refractivity contribution in [2.24, 2.45) is 0 Å². The molecule has 2 aromatic rings. The van der Waals surface area contributed by atoms with Crippen molar-refractivity contribution >= 4 is 34.3 Å². The molecule has 1 N–H and O–H groups in total. The van der Waals surface area contributed by atoms with Gasteiger partial charge >= 0.3 is 0 Å². The fraction of sp³-hybridized carbons (Fsp3) is 0.261. The van der Waals surface area contributed by atoms with Crippen molar-refractivity contribution in [3.05, 3.63) is 70.5 Å². The van der Waals surface area contributed by atoms with E-state index in [1.54, 1.807) is 26.2 Å². The normalized spacial score (nSPS) is 15.8. The van der Waals surface area contributed by atoms with E-state index in [0.29, 0.717) is 16.2 Å². The van der Waals surface area contributed by atoms with E-state index in [0.717, 1.165) is 27.2 Å². The summed E-state index contributed by atoms with van der Waals surface area (Å²) in [6, 6.07) is 11.6. The molecule has 0 fully saturated rings. The highest BCUT2D eigenvalue weighted by molar-refractivity contribution is 7.90. The Morgan fingerprint density at radius 2 is 1.86 bits per heavy atom. The quantitative estimate of drug-likeness (QED) is 0.430. The van der Waals surface area contributed by atoms with Gasteiger partial charge in [0, 0.05) is 0 Å². The van der Waals surface area contributed by atoms with Gasteiger partial charge in [0.2, 0.25) is 0 Å². The predicted octanol–water partition coefficient (Wildman–Crippen LogP) is 4.91. The van der Waals surface area contributed by atoms with Gasteiger partial charge in [-0.05, 0) is 108 Å². The maximum Gasteiger partial charge on any atom is 0.250 e. The molecule has 29 heavy (non-hydrogen) atoms. The highest BCUT2D eigenvalue weighted by Gasteiger charge is 2.27. The van der Waals surface area contributed by atoms with E-state index in [2.05, 4.69) is 0 Å². The van der Waals surface area contributed by atoms with Crippen LogP contribution < -0.4 is 0 Å². The second-order valence-electron chi connectivity index (χ2n) is 7.38. The number of hydroxylamine groups is 2. The third-order valence-electron chi connectivity index (χ3n) is 5.05. The average molecular weight is 414 g/mol. The van der Waals surface area contributed by atoms with Gasteiger partial charge in [-0.25, -0.2) is 9.45 Å². The molecule has 2 aromatic carbocycles. The van der Waals surface area contributed by atoms with Gasteiger partial charge in [-0.2, -0.15) is 0 Å². The van der Waals surface area contributed by atoms with Crippen LogP contribution in [0.4, 0.5) is 4.39 Å². The Morgan fingerprint density at radius 3 is 2.45 bits per heavy atom. The molecule has 1 atom stereocenters. The van der Waals surface area contributed by atoms with E-state index >= 15 is 0 Å². The summed E-state index contributed by atoms with van der Waals surface area (Å²) >= 11 is -1.05. The third-order valence-corrected chi connectivity index (χ3v) is 5.99. The minimum atomic E-state index is -1.05. The number of carbonyl (C=O) groups excluding carboxylic acids is 1. The van der Waals surface area contributed by atoms with Crippen molar-refractivity contribution in [1.29, 1.82) is 0 Å². The largest absolute Gasteiger partial charge is 0.612 e. The van der Waals surface area contributed by atoms with Crippen molar-refractivity contribution in [3.8, 4) is 0 Å². The Labute approximate surface area is 173 Å². The number of carbonyl (C=O) groups is 1.